The largest absolute Gasteiger partial charge is 0.618 e. The molecule has 1 aromatic carbocycles. The van der Waals surface area contributed by atoms with E-state index >= 15 is 0 Å². The number of rotatable bonds is 5. The van der Waals surface area contributed by atoms with Crippen LogP contribution in [0.1, 0.15) is 19.0 Å². The monoisotopic (exact) mass is 334 g/mol. The van der Waals surface area contributed by atoms with Gasteiger partial charge in [-0.2, -0.15) is 4.73 Å². The van der Waals surface area contributed by atoms with Crippen molar-refractivity contribution in [2.24, 2.45) is 0 Å². The zero-order valence-electron chi connectivity index (χ0n) is 12.5. The molecule has 7 heteroatoms. The number of ether oxygens (including phenoxy) is 1. The normalized spacial score (nSPS) is 11.0. The molecule has 0 unspecified atom stereocenters. The van der Waals surface area contributed by atoms with Gasteiger partial charge in [0.2, 0.25) is 5.69 Å². The second kappa shape index (κ2) is 6.34. The summed E-state index contributed by atoms with van der Waals surface area (Å²) in [6.45, 7) is 2.60. The molecule has 6 nitrogen and oxygen atoms in total. The number of hydrogen-bond donors (Lipinski definition) is 0. The summed E-state index contributed by atoms with van der Waals surface area (Å²) < 4.78 is 13.1. The average molecular weight is 335 g/mol. The Morgan fingerprint density at radius 2 is 2.22 bits per heavy atom. The van der Waals surface area contributed by atoms with Gasteiger partial charge in [0.15, 0.2) is 18.4 Å². The van der Waals surface area contributed by atoms with Crippen LogP contribution < -0.4 is 15.2 Å². The molecule has 3 aromatic rings. The van der Waals surface area contributed by atoms with Crippen LogP contribution in [-0.4, -0.2) is 4.57 Å². The van der Waals surface area contributed by atoms with Crippen LogP contribution in [0.2, 0.25) is 5.02 Å². The molecule has 0 aliphatic rings. The van der Waals surface area contributed by atoms with E-state index < -0.39 is 5.76 Å². The Bertz CT molecular complexity index is 901. The molecule has 0 radical (unpaired) electrons. The SMILES string of the molecule is CCCn1c(=O)oc2cc(OCc3cccc[n+]3[O-])c(Cl)cc21. The summed E-state index contributed by atoms with van der Waals surface area (Å²) in [6, 6.07) is 8.27. The summed E-state index contributed by atoms with van der Waals surface area (Å²) in [7, 11) is 0. The molecule has 0 atom stereocenters. The molecule has 23 heavy (non-hydrogen) atoms. The van der Waals surface area contributed by atoms with Gasteiger partial charge in [0.25, 0.3) is 0 Å². The molecule has 0 bridgehead atoms. The Kier molecular flexibility index (Phi) is 4.25. The van der Waals surface area contributed by atoms with Gasteiger partial charge in [-0.15, -0.1) is 0 Å². The number of oxazole rings is 1. The number of fused-ring (bicyclic) bond motifs is 1. The van der Waals surface area contributed by atoms with E-state index in [9.17, 15) is 10.0 Å². The fraction of sp³-hybridized carbons (Fsp3) is 0.250. The molecule has 3 rings (SSSR count). The predicted molar refractivity (Wildman–Crippen MR) is 85.5 cm³/mol. The van der Waals surface area contributed by atoms with Gasteiger partial charge in [-0.1, -0.05) is 18.5 Å². The van der Waals surface area contributed by atoms with E-state index in [0.29, 0.717) is 34.1 Å². The highest BCUT2D eigenvalue weighted by Gasteiger charge is 2.14. The first-order chi connectivity index (χ1) is 11.1. The first-order valence-corrected chi connectivity index (χ1v) is 7.60. The van der Waals surface area contributed by atoms with E-state index in [2.05, 4.69) is 0 Å². The quantitative estimate of drug-likeness (QED) is 0.531. The smallest absolute Gasteiger partial charge is 0.419 e. The summed E-state index contributed by atoms with van der Waals surface area (Å²) in [5, 5.41) is 12.0. The molecule has 0 saturated carbocycles. The van der Waals surface area contributed by atoms with E-state index in [0.717, 1.165) is 11.2 Å². The van der Waals surface area contributed by atoms with Crippen LogP contribution in [0.25, 0.3) is 11.1 Å². The molecule has 2 aromatic heterocycles. The van der Waals surface area contributed by atoms with Crippen molar-refractivity contribution in [1.29, 1.82) is 0 Å². The van der Waals surface area contributed by atoms with Crippen LogP contribution >= 0.6 is 11.6 Å². The highest BCUT2D eigenvalue weighted by molar-refractivity contribution is 6.32. The molecule has 0 aliphatic heterocycles. The minimum Gasteiger partial charge on any atom is -0.618 e. The van der Waals surface area contributed by atoms with Crippen molar-refractivity contribution in [3.8, 4) is 5.75 Å². The molecule has 0 fully saturated rings. The highest BCUT2D eigenvalue weighted by atomic mass is 35.5. The van der Waals surface area contributed by atoms with E-state index in [1.54, 1.807) is 30.3 Å². The van der Waals surface area contributed by atoms with Crippen molar-refractivity contribution in [1.82, 2.24) is 4.57 Å². The third-order valence-electron chi connectivity index (χ3n) is 3.45. The topological polar surface area (TPSA) is 71.3 Å². The Morgan fingerprint density at radius 1 is 1.39 bits per heavy atom. The number of benzene rings is 1. The Labute approximate surface area is 137 Å². The van der Waals surface area contributed by atoms with Gasteiger partial charge in [0.05, 0.1) is 10.5 Å². The summed E-state index contributed by atoms with van der Waals surface area (Å²) in [6.07, 6.45) is 2.20. The molecule has 120 valence electrons. The minimum atomic E-state index is -0.421. The number of aryl methyl sites for hydroxylation is 1. The summed E-state index contributed by atoms with van der Waals surface area (Å²) in [5.74, 6) is -0.0593. The number of nitrogens with zero attached hydrogens (tertiary/aromatic N) is 2. The molecular weight excluding hydrogens is 320 g/mol. The van der Waals surface area contributed by atoms with E-state index in [1.807, 2.05) is 6.92 Å². The average Bonchev–Trinajstić information content (AvgIpc) is 2.82. The van der Waals surface area contributed by atoms with Crippen molar-refractivity contribution in [2.45, 2.75) is 26.5 Å². The third-order valence-corrected chi connectivity index (χ3v) is 3.74. The van der Waals surface area contributed by atoms with Gasteiger partial charge >= 0.3 is 5.76 Å². The third kappa shape index (κ3) is 3.03. The van der Waals surface area contributed by atoms with Crippen molar-refractivity contribution in [3.05, 3.63) is 63.0 Å². The highest BCUT2D eigenvalue weighted by Crippen LogP contribution is 2.30. The maximum Gasteiger partial charge on any atom is 0.419 e. The lowest BCUT2D eigenvalue weighted by Crippen LogP contribution is -2.31. The van der Waals surface area contributed by atoms with Gasteiger partial charge in [-0.3, -0.25) is 4.57 Å². The summed E-state index contributed by atoms with van der Waals surface area (Å²) in [5.41, 5.74) is 1.49. The van der Waals surface area contributed by atoms with Gasteiger partial charge in [-0.05, 0) is 18.6 Å². The maximum atomic E-state index is 11.8. The molecule has 0 amide bonds. The van der Waals surface area contributed by atoms with Crippen LogP contribution in [0.4, 0.5) is 0 Å². The molecule has 2 heterocycles. The zero-order chi connectivity index (χ0) is 16.4. The van der Waals surface area contributed by atoms with E-state index in [4.69, 9.17) is 20.8 Å². The second-order valence-electron chi connectivity index (χ2n) is 5.08. The van der Waals surface area contributed by atoms with E-state index in [1.165, 1.54) is 10.8 Å². The second-order valence-corrected chi connectivity index (χ2v) is 5.48. The first-order valence-electron chi connectivity index (χ1n) is 7.23. The predicted octanol–water partition coefficient (Wildman–Crippen LogP) is 2.87. The lowest BCUT2D eigenvalue weighted by Gasteiger charge is -2.08. The van der Waals surface area contributed by atoms with Gasteiger partial charge in [0.1, 0.15) is 5.75 Å². The zero-order valence-corrected chi connectivity index (χ0v) is 13.2. The number of aromatic nitrogens is 2. The van der Waals surface area contributed by atoms with Crippen LogP contribution in [0.5, 0.6) is 5.75 Å². The lowest BCUT2D eigenvalue weighted by atomic mass is 10.3. The van der Waals surface area contributed by atoms with Crippen molar-refractivity contribution in [2.75, 3.05) is 0 Å². The van der Waals surface area contributed by atoms with Gasteiger partial charge in [0, 0.05) is 24.7 Å². The van der Waals surface area contributed by atoms with Crippen LogP contribution in [0.3, 0.4) is 0 Å². The molecular formula is C16H15ClN2O4. The molecule has 0 spiro atoms. The van der Waals surface area contributed by atoms with Gasteiger partial charge < -0.3 is 14.4 Å². The number of hydrogen-bond acceptors (Lipinski definition) is 4. The fourth-order valence-electron chi connectivity index (χ4n) is 2.34. The van der Waals surface area contributed by atoms with Crippen LogP contribution in [-0.2, 0) is 13.2 Å². The van der Waals surface area contributed by atoms with Crippen LogP contribution in [0.15, 0.2) is 45.7 Å². The fourth-order valence-corrected chi connectivity index (χ4v) is 2.55. The van der Waals surface area contributed by atoms with Crippen LogP contribution in [0, 0.1) is 5.21 Å². The van der Waals surface area contributed by atoms with Gasteiger partial charge in [-0.25, -0.2) is 4.79 Å². The number of halogens is 1. The Morgan fingerprint density at radius 3 is 2.96 bits per heavy atom. The molecule has 0 saturated heterocycles. The van der Waals surface area contributed by atoms with Crippen molar-refractivity contribution < 1.29 is 13.9 Å². The van der Waals surface area contributed by atoms with E-state index in [-0.39, 0.29) is 6.61 Å². The van der Waals surface area contributed by atoms with Crippen molar-refractivity contribution >= 4 is 22.7 Å². The maximum absolute atomic E-state index is 11.8. The summed E-state index contributed by atoms with van der Waals surface area (Å²) >= 11 is 6.22. The van der Waals surface area contributed by atoms with Crippen molar-refractivity contribution in [3.63, 3.8) is 0 Å². The summed E-state index contributed by atoms with van der Waals surface area (Å²) in [4.78, 5) is 11.8. The molecule has 0 N–H and O–H groups in total. The number of pyridine rings is 1. The standard InChI is InChI=1S/C16H15ClN2O4/c1-2-6-18-13-8-12(17)14(9-15(13)23-16(18)20)22-10-11-5-3-4-7-19(11)21/h3-5,7-9H,2,6,10H2,1H3. The molecule has 0 aliphatic carbocycles. The Balaban J connectivity index is 1.91. The first kappa shape index (κ1) is 15.4. The minimum absolute atomic E-state index is 0.0649. The lowest BCUT2D eigenvalue weighted by molar-refractivity contribution is -0.616. The Hall–Kier alpha value is -2.47.